The fraction of sp³-hybridized carbons (Fsp3) is 0.429. The molecule has 0 aromatic heterocycles. The van der Waals surface area contributed by atoms with Gasteiger partial charge in [-0.05, 0) is 30.9 Å². The molecule has 2 bridgehead atoms. The minimum atomic E-state index is -4.66. The van der Waals surface area contributed by atoms with Crippen molar-refractivity contribution in [1.29, 1.82) is 0 Å². The number of alkyl halides is 3. The van der Waals surface area contributed by atoms with Gasteiger partial charge in [0.05, 0.1) is 11.7 Å². The molecule has 0 saturated heterocycles. The number of rotatable bonds is 1. The second-order valence-corrected chi connectivity index (χ2v) is 5.38. The molecule has 1 heterocycles. The van der Waals surface area contributed by atoms with E-state index in [0.29, 0.717) is 5.57 Å². The van der Waals surface area contributed by atoms with Crippen LogP contribution in [0.5, 0.6) is 0 Å². The van der Waals surface area contributed by atoms with Gasteiger partial charge in [0.2, 0.25) is 0 Å². The van der Waals surface area contributed by atoms with Crippen LogP contribution in [0.2, 0.25) is 0 Å². The Hall–Kier alpha value is -1.65. The van der Waals surface area contributed by atoms with Crippen molar-refractivity contribution in [2.75, 3.05) is 0 Å². The van der Waals surface area contributed by atoms with Crippen molar-refractivity contribution in [2.24, 2.45) is 11.3 Å². The van der Waals surface area contributed by atoms with Crippen LogP contribution < -0.4 is 0 Å². The highest BCUT2D eigenvalue weighted by Crippen LogP contribution is 2.63. The molecule has 3 unspecified atom stereocenters. The third-order valence-corrected chi connectivity index (χ3v) is 4.40. The van der Waals surface area contributed by atoms with E-state index in [2.05, 4.69) is 4.74 Å². The molecule has 3 aliphatic carbocycles. The van der Waals surface area contributed by atoms with E-state index in [-0.39, 0.29) is 17.8 Å². The molecule has 0 amide bonds. The van der Waals surface area contributed by atoms with Crippen LogP contribution in [0.15, 0.2) is 47.5 Å². The monoisotopic (exact) mass is 268 g/mol. The summed E-state index contributed by atoms with van der Waals surface area (Å²) in [4.78, 5) is 0. The second-order valence-electron chi connectivity index (χ2n) is 5.38. The number of fused-ring (bicyclic) bond motifs is 1. The van der Waals surface area contributed by atoms with Gasteiger partial charge in [0.1, 0.15) is 11.9 Å². The predicted octanol–water partition coefficient (Wildman–Crippen LogP) is 3.60. The van der Waals surface area contributed by atoms with E-state index in [1.165, 1.54) is 6.26 Å². The Labute approximate surface area is 107 Å². The highest BCUT2D eigenvalue weighted by atomic mass is 19.4. The molecule has 100 valence electrons. The molecule has 4 aliphatic rings. The molecule has 1 fully saturated rings. The summed E-state index contributed by atoms with van der Waals surface area (Å²) < 4.78 is 47.3. The topological polar surface area (TPSA) is 18.5 Å². The van der Waals surface area contributed by atoms with Crippen LogP contribution in [0.25, 0.3) is 0 Å². The first kappa shape index (κ1) is 11.2. The lowest BCUT2D eigenvalue weighted by atomic mass is 9.68. The predicted molar refractivity (Wildman–Crippen MR) is 60.6 cm³/mol. The van der Waals surface area contributed by atoms with E-state index in [1.807, 2.05) is 18.2 Å². The van der Waals surface area contributed by atoms with Crippen LogP contribution >= 0.6 is 0 Å². The zero-order valence-electron chi connectivity index (χ0n) is 9.91. The maximum atomic E-state index is 12.5. The zero-order chi connectivity index (χ0) is 13.3. The SMILES string of the molecule is FC(F)(F)OC1=CC2CC3=CC=CC4OC=C1C34C2. The van der Waals surface area contributed by atoms with Gasteiger partial charge in [-0.1, -0.05) is 17.7 Å². The molecule has 0 aromatic rings. The van der Waals surface area contributed by atoms with Crippen LogP contribution in [-0.4, -0.2) is 12.5 Å². The van der Waals surface area contributed by atoms with Crippen molar-refractivity contribution in [3.05, 3.63) is 47.5 Å². The molecule has 0 N–H and O–H groups in total. The zero-order valence-corrected chi connectivity index (χ0v) is 9.91. The molecule has 0 radical (unpaired) electrons. The number of hydrogen-bond donors (Lipinski definition) is 0. The van der Waals surface area contributed by atoms with Gasteiger partial charge < -0.3 is 9.47 Å². The highest BCUT2D eigenvalue weighted by molar-refractivity contribution is 5.54. The third-order valence-electron chi connectivity index (χ3n) is 4.40. The lowest BCUT2D eigenvalue weighted by Crippen LogP contribution is -2.36. The molecule has 2 nitrogen and oxygen atoms in total. The Morgan fingerprint density at radius 3 is 3.00 bits per heavy atom. The Morgan fingerprint density at radius 1 is 1.37 bits per heavy atom. The largest absolute Gasteiger partial charge is 0.573 e. The number of hydrogen-bond acceptors (Lipinski definition) is 2. The smallest absolute Gasteiger partial charge is 0.492 e. The van der Waals surface area contributed by atoms with Crippen LogP contribution in [0.1, 0.15) is 12.8 Å². The average Bonchev–Trinajstić information content (AvgIpc) is 2.80. The van der Waals surface area contributed by atoms with Crippen molar-refractivity contribution < 1.29 is 22.6 Å². The second kappa shape index (κ2) is 3.26. The van der Waals surface area contributed by atoms with Crippen LogP contribution in [0.3, 0.4) is 0 Å². The molecule has 1 saturated carbocycles. The summed E-state index contributed by atoms with van der Waals surface area (Å²) in [6.07, 6.45) is 5.61. The molecule has 1 aliphatic heterocycles. The molecule has 0 aromatic carbocycles. The maximum absolute atomic E-state index is 12.5. The van der Waals surface area contributed by atoms with Gasteiger partial charge in [-0.2, -0.15) is 0 Å². The lowest BCUT2D eigenvalue weighted by molar-refractivity contribution is -0.304. The fourth-order valence-electron chi connectivity index (χ4n) is 3.79. The van der Waals surface area contributed by atoms with Gasteiger partial charge in [-0.25, -0.2) is 0 Å². The van der Waals surface area contributed by atoms with E-state index in [0.717, 1.165) is 18.4 Å². The standard InChI is InChI=1S/C14H11F3O2/c15-14(16,17)19-11-5-8-4-9-2-1-3-12-13(9,6-8)10(11)7-18-12/h1-3,5,7-8,12H,4,6H2. The maximum Gasteiger partial charge on any atom is 0.573 e. The van der Waals surface area contributed by atoms with Gasteiger partial charge in [0, 0.05) is 5.57 Å². The Morgan fingerprint density at radius 2 is 2.21 bits per heavy atom. The first-order valence-corrected chi connectivity index (χ1v) is 6.21. The van der Waals surface area contributed by atoms with E-state index >= 15 is 0 Å². The summed E-state index contributed by atoms with van der Waals surface area (Å²) in [5.41, 5.74) is 1.28. The quantitative estimate of drug-likeness (QED) is 0.723. The summed E-state index contributed by atoms with van der Waals surface area (Å²) in [6.45, 7) is 0. The van der Waals surface area contributed by atoms with Gasteiger partial charge in [0.25, 0.3) is 0 Å². The summed E-state index contributed by atoms with van der Waals surface area (Å²) in [5, 5.41) is 0. The first-order valence-electron chi connectivity index (χ1n) is 6.21. The third kappa shape index (κ3) is 1.38. The minimum absolute atomic E-state index is 0.0787. The molecular weight excluding hydrogens is 257 g/mol. The van der Waals surface area contributed by atoms with E-state index in [1.54, 1.807) is 6.08 Å². The summed E-state index contributed by atoms with van der Waals surface area (Å²) >= 11 is 0. The normalized spacial score (nSPS) is 38.2. The fourth-order valence-corrected chi connectivity index (χ4v) is 3.79. The van der Waals surface area contributed by atoms with Crippen molar-refractivity contribution in [2.45, 2.75) is 25.3 Å². The average molecular weight is 268 g/mol. The summed E-state index contributed by atoms with van der Waals surface area (Å²) in [7, 11) is 0. The van der Waals surface area contributed by atoms with E-state index < -0.39 is 11.8 Å². The van der Waals surface area contributed by atoms with E-state index in [4.69, 9.17) is 4.74 Å². The van der Waals surface area contributed by atoms with Crippen LogP contribution in [0.4, 0.5) is 13.2 Å². The number of halogens is 3. The molecule has 5 heteroatoms. The highest BCUT2D eigenvalue weighted by Gasteiger charge is 2.59. The van der Waals surface area contributed by atoms with Gasteiger partial charge in [-0.3, -0.25) is 0 Å². The number of allylic oxidation sites excluding steroid dienone is 4. The first-order chi connectivity index (χ1) is 8.99. The summed E-state index contributed by atoms with van der Waals surface area (Å²) in [6, 6.07) is 0. The molecular formula is C14H11F3O2. The Kier molecular flexibility index (Phi) is 1.92. The van der Waals surface area contributed by atoms with Crippen molar-refractivity contribution >= 4 is 0 Å². The van der Waals surface area contributed by atoms with Gasteiger partial charge in [-0.15, -0.1) is 13.2 Å². The van der Waals surface area contributed by atoms with Crippen molar-refractivity contribution in [3.8, 4) is 0 Å². The molecule has 19 heavy (non-hydrogen) atoms. The van der Waals surface area contributed by atoms with Crippen LogP contribution in [-0.2, 0) is 9.47 Å². The van der Waals surface area contributed by atoms with Gasteiger partial charge in [0.15, 0.2) is 0 Å². The molecule has 4 rings (SSSR count). The number of ether oxygens (including phenoxy) is 2. The minimum Gasteiger partial charge on any atom is -0.492 e. The molecule has 1 spiro atoms. The van der Waals surface area contributed by atoms with E-state index in [9.17, 15) is 13.2 Å². The Balaban J connectivity index is 1.80. The molecule has 3 atom stereocenters. The van der Waals surface area contributed by atoms with Crippen molar-refractivity contribution in [3.63, 3.8) is 0 Å². The van der Waals surface area contributed by atoms with Crippen molar-refractivity contribution in [1.82, 2.24) is 0 Å². The van der Waals surface area contributed by atoms with Gasteiger partial charge >= 0.3 is 6.36 Å². The van der Waals surface area contributed by atoms with Crippen LogP contribution in [0, 0.1) is 11.3 Å². The Bertz CT molecular complexity index is 568. The summed E-state index contributed by atoms with van der Waals surface area (Å²) in [5.74, 6) is 0.0230. The lowest BCUT2D eigenvalue weighted by Gasteiger charge is -2.36.